The maximum Gasteiger partial charge on any atom is 0.253 e. The quantitative estimate of drug-likeness (QED) is 0.910. The Morgan fingerprint density at radius 2 is 2.00 bits per heavy atom. The van der Waals surface area contributed by atoms with Crippen LogP contribution in [0.15, 0.2) is 36.5 Å². The summed E-state index contributed by atoms with van der Waals surface area (Å²) in [5.41, 5.74) is 6.57. The molecule has 0 fully saturated rings. The highest BCUT2D eigenvalue weighted by Gasteiger charge is 2.21. The van der Waals surface area contributed by atoms with E-state index in [1.54, 1.807) is 12.3 Å². The molecule has 1 amide bonds. The molecule has 0 saturated carbocycles. The number of carbonyl (C=O) groups excluding carboxylic acids is 1. The highest BCUT2D eigenvalue weighted by atomic mass is 35.5. The topological polar surface area (TPSA) is 68.0 Å². The number of fused-ring (bicyclic) bond motifs is 1. The van der Waals surface area contributed by atoms with Crippen molar-refractivity contribution in [1.82, 2.24) is 10.3 Å². The van der Waals surface area contributed by atoms with Crippen LogP contribution in [0.25, 0.3) is 10.9 Å². The standard InChI is InChI=1S/C15H19N3O.ClH/c1-15(2,8-9-16)18-14(19)12-7-3-5-11-6-4-10-17-13(11)12;/h3-7,10H,8-9,16H2,1-2H3,(H,18,19);1H. The molecule has 0 aliphatic rings. The first-order valence-corrected chi connectivity index (χ1v) is 6.40. The average Bonchev–Trinajstić information content (AvgIpc) is 2.37. The molecule has 2 aromatic rings. The van der Waals surface area contributed by atoms with Crippen molar-refractivity contribution < 1.29 is 4.79 Å². The second kappa shape index (κ2) is 6.68. The zero-order valence-corrected chi connectivity index (χ0v) is 12.5. The number of hydrogen-bond acceptors (Lipinski definition) is 3. The summed E-state index contributed by atoms with van der Waals surface area (Å²) in [7, 11) is 0. The second-order valence-electron chi connectivity index (χ2n) is 5.26. The summed E-state index contributed by atoms with van der Waals surface area (Å²) in [6.45, 7) is 4.48. The lowest BCUT2D eigenvalue weighted by molar-refractivity contribution is 0.0912. The summed E-state index contributed by atoms with van der Waals surface area (Å²) in [5, 5.41) is 3.97. The first-order chi connectivity index (χ1) is 9.03. The highest BCUT2D eigenvalue weighted by Crippen LogP contribution is 2.17. The number of hydrogen-bond donors (Lipinski definition) is 2. The molecule has 0 aliphatic heterocycles. The Morgan fingerprint density at radius 3 is 2.70 bits per heavy atom. The molecule has 0 spiro atoms. The van der Waals surface area contributed by atoms with Gasteiger partial charge in [-0.3, -0.25) is 9.78 Å². The number of rotatable bonds is 4. The number of amides is 1. The third-order valence-corrected chi connectivity index (χ3v) is 3.10. The van der Waals surface area contributed by atoms with Crippen molar-refractivity contribution in [1.29, 1.82) is 0 Å². The Hall–Kier alpha value is -1.65. The van der Waals surface area contributed by atoms with Crippen molar-refractivity contribution in [2.45, 2.75) is 25.8 Å². The van der Waals surface area contributed by atoms with Gasteiger partial charge in [0.1, 0.15) is 0 Å². The lowest BCUT2D eigenvalue weighted by atomic mass is 9.99. The maximum absolute atomic E-state index is 12.4. The Morgan fingerprint density at radius 1 is 1.30 bits per heavy atom. The number of carbonyl (C=O) groups is 1. The van der Waals surface area contributed by atoms with Crippen molar-refractivity contribution in [2.24, 2.45) is 5.73 Å². The summed E-state index contributed by atoms with van der Waals surface area (Å²) in [6, 6.07) is 9.43. The van der Waals surface area contributed by atoms with E-state index in [1.165, 1.54) is 0 Å². The number of nitrogens with one attached hydrogen (secondary N) is 1. The second-order valence-corrected chi connectivity index (χ2v) is 5.26. The maximum atomic E-state index is 12.4. The smallest absolute Gasteiger partial charge is 0.253 e. The largest absolute Gasteiger partial charge is 0.347 e. The summed E-state index contributed by atoms with van der Waals surface area (Å²) in [6.07, 6.45) is 2.43. The van der Waals surface area contributed by atoms with Crippen molar-refractivity contribution in [3.05, 3.63) is 42.1 Å². The minimum atomic E-state index is -0.317. The normalized spacial score (nSPS) is 10.9. The third-order valence-electron chi connectivity index (χ3n) is 3.10. The summed E-state index contributed by atoms with van der Waals surface area (Å²) < 4.78 is 0. The SMILES string of the molecule is CC(C)(CCN)NC(=O)c1cccc2cccnc12.Cl. The van der Waals surface area contributed by atoms with Gasteiger partial charge in [0, 0.05) is 17.1 Å². The summed E-state index contributed by atoms with van der Waals surface area (Å²) in [5.74, 6) is -0.109. The van der Waals surface area contributed by atoms with E-state index in [4.69, 9.17) is 5.73 Å². The Labute approximate surface area is 125 Å². The predicted molar refractivity (Wildman–Crippen MR) is 84.2 cm³/mol. The van der Waals surface area contributed by atoms with Gasteiger partial charge in [0.2, 0.25) is 0 Å². The van der Waals surface area contributed by atoms with Crippen LogP contribution in [-0.2, 0) is 0 Å². The molecule has 1 heterocycles. The molecule has 1 aromatic heterocycles. The first kappa shape index (κ1) is 16.4. The molecule has 5 heteroatoms. The van der Waals surface area contributed by atoms with Crippen LogP contribution in [0, 0.1) is 0 Å². The molecule has 0 saturated heterocycles. The lowest BCUT2D eigenvalue weighted by Gasteiger charge is -2.25. The molecular formula is C15H20ClN3O. The van der Waals surface area contributed by atoms with Crippen LogP contribution in [0.3, 0.4) is 0 Å². The minimum absolute atomic E-state index is 0. The molecule has 0 radical (unpaired) electrons. The van der Waals surface area contributed by atoms with E-state index in [0.29, 0.717) is 12.1 Å². The van der Waals surface area contributed by atoms with Crippen LogP contribution in [0.1, 0.15) is 30.6 Å². The Balaban J connectivity index is 0.00000200. The van der Waals surface area contributed by atoms with Gasteiger partial charge in [0.25, 0.3) is 5.91 Å². The highest BCUT2D eigenvalue weighted by molar-refractivity contribution is 6.05. The first-order valence-electron chi connectivity index (χ1n) is 6.40. The van der Waals surface area contributed by atoms with Crippen molar-refractivity contribution in [3.63, 3.8) is 0 Å². The lowest BCUT2D eigenvalue weighted by Crippen LogP contribution is -2.44. The van der Waals surface area contributed by atoms with Crippen LogP contribution < -0.4 is 11.1 Å². The molecule has 1 aromatic carbocycles. The summed E-state index contributed by atoms with van der Waals surface area (Å²) >= 11 is 0. The van der Waals surface area contributed by atoms with Gasteiger partial charge in [-0.1, -0.05) is 18.2 Å². The van der Waals surface area contributed by atoms with E-state index in [2.05, 4.69) is 10.3 Å². The molecule has 0 atom stereocenters. The van der Waals surface area contributed by atoms with Crippen molar-refractivity contribution in [2.75, 3.05) is 6.54 Å². The van der Waals surface area contributed by atoms with E-state index in [1.807, 2.05) is 38.1 Å². The van der Waals surface area contributed by atoms with E-state index < -0.39 is 0 Å². The molecule has 0 aliphatic carbocycles. The van der Waals surface area contributed by atoms with E-state index in [9.17, 15) is 4.79 Å². The van der Waals surface area contributed by atoms with Crippen molar-refractivity contribution >= 4 is 29.2 Å². The van der Waals surface area contributed by atoms with Gasteiger partial charge in [0.15, 0.2) is 0 Å². The van der Waals surface area contributed by atoms with Crippen LogP contribution in [0.5, 0.6) is 0 Å². The molecule has 4 nitrogen and oxygen atoms in total. The zero-order valence-electron chi connectivity index (χ0n) is 11.7. The Kier molecular flexibility index (Phi) is 5.48. The van der Waals surface area contributed by atoms with E-state index >= 15 is 0 Å². The fourth-order valence-corrected chi connectivity index (χ4v) is 2.09. The molecule has 3 N–H and O–H groups in total. The molecule has 108 valence electrons. The molecule has 0 bridgehead atoms. The number of para-hydroxylation sites is 1. The van der Waals surface area contributed by atoms with Gasteiger partial charge in [-0.2, -0.15) is 0 Å². The average molecular weight is 294 g/mol. The van der Waals surface area contributed by atoms with E-state index in [0.717, 1.165) is 17.3 Å². The van der Waals surface area contributed by atoms with E-state index in [-0.39, 0.29) is 23.9 Å². The van der Waals surface area contributed by atoms with Gasteiger partial charge in [-0.25, -0.2) is 0 Å². The number of benzene rings is 1. The van der Waals surface area contributed by atoms with Crippen molar-refractivity contribution in [3.8, 4) is 0 Å². The fraction of sp³-hybridized carbons (Fsp3) is 0.333. The number of pyridine rings is 1. The Bertz CT molecular complexity index is 593. The van der Waals surface area contributed by atoms with Gasteiger partial charge in [0.05, 0.1) is 11.1 Å². The van der Waals surface area contributed by atoms with Gasteiger partial charge >= 0.3 is 0 Å². The third kappa shape index (κ3) is 3.68. The van der Waals surface area contributed by atoms with Crippen LogP contribution in [0.4, 0.5) is 0 Å². The number of nitrogens with two attached hydrogens (primary N) is 1. The summed E-state index contributed by atoms with van der Waals surface area (Å²) in [4.78, 5) is 16.6. The monoisotopic (exact) mass is 293 g/mol. The molecule has 0 unspecified atom stereocenters. The fourth-order valence-electron chi connectivity index (χ4n) is 2.09. The van der Waals surface area contributed by atoms with Crippen LogP contribution >= 0.6 is 12.4 Å². The predicted octanol–water partition coefficient (Wildman–Crippen LogP) is 2.51. The van der Waals surface area contributed by atoms with Gasteiger partial charge in [-0.15, -0.1) is 12.4 Å². The molecule has 20 heavy (non-hydrogen) atoms. The van der Waals surface area contributed by atoms with Gasteiger partial charge < -0.3 is 11.1 Å². The van der Waals surface area contributed by atoms with Crippen LogP contribution in [-0.4, -0.2) is 23.0 Å². The molecular weight excluding hydrogens is 274 g/mol. The number of nitrogens with zero attached hydrogens (tertiary/aromatic N) is 1. The van der Waals surface area contributed by atoms with Crippen LogP contribution in [0.2, 0.25) is 0 Å². The van der Waals surface area contributed by atoms with Gasteiger partial charge in [-0.05, 0) is 38.9 Å². The zero-order chi connectivity index (χ0) is 13.9. The number of halogens is 1. The molecule has 2 rings (SSSR count). The number of aromatic nitrogens is 1. The minimum Gasteiger partial charge on any atom is -0.347 e.